The third kappa shape index (κ3) is 6.31. The van der Waals surface area contributed by atoms with E-state index in [9.17, 15) is 0 Å². The van der Waals surface area contributed by atoms with E-state index in [4.69, 9.17) is 15.8 Å². The fourth-order valence-corrected chi connectivity index (χ4v) is 1.53. The van der Waals surface area contributed by atoms with Crippen molar-refractivity contribution in [3.05, 3.63) is 12.3 Å². The van der Waals surface area contributed by atoms with Gasteiger partial charge >= 0.3 is 0 Å². The predicted octanol–water partition coefficient (Wildman–Crippen LogP) is 3.38. The molecule has 0 aliphatic heterocycles. The Labute approximate surface area is 87.9 Å². The number of rotatable bonds is 6. The molecule has 78 valence electrons. The van der Waals surface area contributed by atoms with Crippen LogP contribution in [0.3, 0.4) is 0 Å². The number of halogens is 1. The summed E-state index contributed by atoms with van der Waals surface area (Å²) in [4.78, 5) is 2.28. The lowest BCUT2D eigenvalue weighted by atomic mass is 10.2. The third-order valence-electron chi connectivity index (χ3n) is 1.70. The minimum absolute atomic E-state index is 0.0527. The van der Waals surface area contributed by atoms with Gasteiger partial charge in [-0.2, -0.15) is 0 Å². The molecule has 0 aliphatic rings. The Bertz CT molecular complexity index is 143. The normalized spacial score (nSPS) is 12.8. The first-order valence-electron chi connectivity index (χ1n) is 4.51. The highest BCUT2D eigenvalue weighted by Gasteiger charge is 2.06. The Morgan fingerprint density at radius 3 is 2.23 bits per heavy atom. The van der Waals surface area contributed by atoms with Crippen molar-refractivity contribution >= 4 is 19.4 Å². The number of nitrogens with zero attached hydrogens (tertiary/aromatic N) is 1. The van der Waals surface area contributed by atoms with Crippen LogP contribution >= 0.6 is 19.4 Å². The standard InChI is InChI=1S/C9H19ClNOP/c1-8(2)11(9(3)4)6-5-7-12-13-10/h5-6,8-9,13H,7H2,1-4H3. The second kappa shape index (κ2) is 7.61. The molecule has 0 amide bonds. The summed E-state index contributed by atoms with van der Waals surface area (Å²) in [6, 6.07) is 1.05. The van der Waals surface area contributed by atoms with Crippen molar-refractivity contribution in [1.82, 2.24) is 4.90 Å². The average Bonchev–Trinajstić information content (AvgIpc) is 2.02. The van der Waals surface area contributed by atoms with Crippen LogP contribution in [-0.2, 0) is 4.52 Å². The third-order valence-corrected chi connectivity index (χ3v) is 2.31. The van der Waals surface area contributed by atoms with Crippen LogP contribution in [0.25, 0.3) is 0 Å². The van der Waals surface area contributed by atoms with Crippen molar-refractivity contribution in [1.29, 1.82) is 0 Å². The molecule has 0 aromatic carbocycles. The average molecular weight is 224 g/mol. The molecule has 0 fully saturated rings. The molecular weight excluding hydrogens is 205 g/mol. The lowest BCUT2D eigenvalue weighted by Crippen LogP contribution is -2.31. The van der Waals surface area contributed by atoms with Crippen LogP contribution in [0, 0.1) is 0 Å². The molecule has 13 heavy (non-hydrogen) atoms. The van der Waals surface area contributed by atoms with E-state index in [0.29, 0.717) is 18.7 Å². The molecule has 0 heterocycles. The Morgan fingerprint density at radius 1 is 1.31 bits per heavy atom. The molecule has 0 aliphatic carbocycles. The van der Waals surface area contributed by atoms with Gasteiger partial charge in [0.25, 0.3) is 0 Å². The van der Waals surface area contributed by atoms with E-state index in [-0.39, 0.29) is 8.16 Å². The van der Waals surface area contributed by atoms with Crippen LogP contribution in [0.2, 0.25) is 0 Å². The van der Waals surface area contributed by atoms with Gasteiger partial charge in [-0.15, -0.1) is 0 Å². The maximum Gasteiger partial charge on any atom is 0.110 e. The van der Waals surface area contributed by atoms with Gasteiger partial charge in [0.2, 0.25) is 0 Å². The SMILES string of the molecule is CC(C)N(C=CCOPCl)C(C)C. The van der Waals surface area contributed by atoms with E-state index in [2.05, 4.69) is 38.8 Å². The zero-order valence-corrected chi connectivity index (χ0v) is 10.5. The van der Waals surface area contributed by atoms with Crippen molar-refractivity contribution < 1.29 is 4.52 Å². The highest BCUT2D eigenvalue weighted by molar-refractivity contribution is 7.64. The van der Waals surface area contributed by atoms with Crippen LogP contribution in [0.5, 0.6) is 0 Å². The van der Waals surface area contributed by atoms with Crippen molar-refractivity contribution in [3.63, 3.8) is 0 Å². The van der Waals surface area contributed by atoms with Gasteiger partial charge in [-0.05, 0) is 40.0 Å². The first-order chi connectivity index (χ1) is 6.09. The largest absolute Gasteiger partial charge is 0.373 e. The first-order valence-corrected chi connectivity index (χ1v) is 6.43. The van der Waals surface area contributed by atoms with Gasteiger partial charge in [0.1, 0.15) is 8.16 Å². The lowest BCUT2D eigenvalue weighted by molar-refractivity contribution is 0.254. The quantitative estimate of drug-likeness (QED) is 0.506. The summed E-state index contributed by atoms with van der Waals surface area (Å²) in [6.45, 7) is 9.30. The monoisotopic (exact) mass is 223 g/mol. The molecule has 0 radical (unpaired) electrons. The Morgan fingerprint density at radius 2 is 1.85 bits per heavy atom. The zero-order chi connectivity index (χ0) is 10.3. The van der Waals surface area contributed by atoms with E-state index < -0.39 is 0 Å². The van der Waals surface area contributed by atoms with Gasteiger partial charge in [0.05, 0.1) is 6.61 Å². The van der Waals surface area contributed by atoms with Gasteiger partial charge in [-0.25, -0.2) is 0 Å². The molecule has 1 unspecified atom stereocenters. The van der Waals surface area contributed by atoms with E-state index in [1.807, 2.05) is 6.08 Å². The molecule has 0 saturated heterocycles. The van der Waals surface area contributed by atoms with Crippen LogP contribution < -0.4 is 0 Å². The molecule has 0 saturated carbocycles. The highest BCUT2D eigenvalue weighted by Crippen LogP contribution is 2.16. The van der Waals surface area contributed by atoms with Crippen LogP contribution in [0.15, 0.2) is 12.3 Å². The second-order valence-electron chi connectivity index (χ2n) is 3.41. The fraction of sp³-hybridized carbons (Fsp3) is 0.778. The van der Waals surface area contributed by atoms with Crippen LogP contribution in [-0.4, -0.2) is 23.6 Å². The molecule has 0 spiro atoms. The Hall–Kier alpha value is 0.220. The second-order valence-corrected chi connectivity index (χ2v) is 4.31. The van der Waals surface area contributed by atoms with E-state index >= 15 is 0 Å². The van der Waals surface area contributed by atoms with Gasteiger partial charge in [-0.3, -0.25) is 0 Å². The topological polar surface area (TPSA) is 12.5 Å². The van der Waals surface area contributed by atoms with E-state index in [0.717, 1.165) is 0 Å². The molecule has 1 atom stereocenters. The van der Waals surface area contributed by atoms with Gasteiger partial charge in [0, 0.05) is 12.1 Å². The van der Waals surface area contributed by atoms with Crippen molar-refractivity contribution in [2.45, 2.75) is 39.8 Å². The zero-order valence-electron chi connectivity index (χ0n) is 8.75. The molecule has 0 bridgehead atoms. The maximum absolute atomic E-state index is 5.40. The molecule has 2 nitrogen and oxygen atoms in total. The van der Waals surface area contributed by atoms with Crippen LogP contribution in [0.4, 0.5) is 0 Å². The van der Waals surface area contributed by atoms with Crippen molar-refractivity contribution in [3.8, 4) is 0 Å². The van der Waals surface area contributed by atoms with E-state index in [1.165, 1.54) is 0 Å². The van der Waals surface area contributed by atoms with Crippen LogP contribution in [0.1, 0.15) is 27.7 Å². The van der Waals surface area contributed by atoms with Gasteiger partial charge < -0.3 is 9.42 Å². The first kappa shape index (κ1) is 13.2. The molecule has 0 rings (SSSR count). The summed E-state index contributed by atoms with van der Waals surface area (Å²) in [5.74, 6) is 0. The van der Waals surface area contributed by atoms with E-state index in [1.54, 1.807) is 0 Å². The minimum atomic E-state index is 0.0527. The van der Waals surface area contributed by atoms with Gasteiger partial charge in [0.15, 0.2) is 0 Å². The summed E-state index contributed by atoms with van der Waals surface area (Å²) in [5.41, 5.74) is 0. The molecule has 0 N–H and O–H groups in total. The summed E-state index contributed by atoms with van der Waals surface area (Å²) in [6.07, 6.45) is 4.07. The smallest absolute Gasteiger partial charge is 0.110 e. The Kier molecular flexibility index (Phi) is 7.74. The molecule has 0 aromatic rings. The molecular formula is C9H19ClNOP. The summed E-state index contributed by atoms with van der Waals surface area (Å²) < 4.78 is 5.02. The van der Waals surface area contributed by atoms with Crippen molar-refractivity contribution in [2.24, 2.45) is 0 Å². The van der Waals surface area contributed by atoms with Gasteiger partial charge in [-0.1, -0.05) is 11.2 Å². The van der Waals surface area contributed by atoms with Crippen molar-refractivity contribution in [2.75, 3.05) is 6.61 Å². The summed E-state index contributed by atoms with van der Waals surface area (Å²) >= 11 is 5.40. The molecule has 0 aromatic heterocycles. The minimum Gasteiger partial charge on any atom is -0.373 e. The lowest BCUT2D eigenvalue weighted by Gasteiger charge is -2.29. The Balaban J connectivity index is 3.87. The number of hydrogen-bond donors (Lipinski definition) is 0. The number of hydrogen-bond acceptors (Lipinski definition) is 2. The maximum atomic E-state index is 5.40. The molecule has 4 heteroatoms. The predicted molar refractivity (Wildman–Crippen MR) is 61.4 cm³/mol. The fourth-order valence-electron chi connectivity index (χ4n) is 1.18. The summed E-state index contributed by atoms with van der Waals surface area (Å²) in [7, 11) is 0.0527. The summed E-state index contributed by atoms with van der Waals surface area (Å²) in [5, 5.41) is 0. The highest BCUT2D eigenvalue weighted by atomic mass is 35.7.